The molecule has 0 amide bonds. The van der Waals surface area contributed by atoms with Gasteiger partial charge in [-0.15, -0.1) is 0 Å². The van der Waals surface area contributed by atoms with Crippen LogP contribution in [0.25, 0.3) is 11.3 Å². The fourth-order valence-corrected chi connectivity index (χ4v) is 3.03. The second kappa shape index (κ2) is 9.45. The summed E-state index contributed by atoms with van der Waals surface area (Å²) in [5.41, 5.74) is 4.68. The molecular weight excluding hydrogens is 378 g/mol. The van der Waals surface area contributed by atoms with E-state index < -0.39 is 5.97 Å². The molecule has 2 aromatic rings. The van der Waals surface area contributed by atoms with E-state index in [1.165, 1.54) is 0 Å². The van der Waals surface area contributed by atoms with Crippen LogP contribution in [0.5, 0.6) is 0 Å². The number of benzene rings is 1. The van der Waals surface area contributed by atoms with Gasteiger partial charge >= 0.3 is 5.97 Å². The van der Waals surface area contributed by atoms with Crippen LogP contribution < -0.4 is 0 Å². The van der Waals surface area contributed by atoms with Crippen LogP contribution >= 0.6 is 0 Å². The van der Waals surface area contributed by atoms with Gasteiger partial charge in [-0.05, 0) is 37.3 Å². The van der Waals surface area contributed by atoms with E-state index in [1.54, 1.807) is 4.68 Å². The number of allylic oxidation sites excluding steroid dienone is 1. The van der Waals surface area contributed by atoms with Crippen molar-refractivity contribution in [1.82, 2.24) is 9.78 Å². The number of aryl methyl sites for hydroxylation is 2. The summed E-state index contributed by atoms with van der Waals surface area (Å²) in [6, 6.07) is 10.1. The monoisotopic (exact) mass is 407 g/mol. The van der Waals surface area contributed by atoms with Gasteiger partial charge in [-0.25, -0.2) is 4.79 Å². The predicted molar refractivity (Wildman–Crippen MR) is 117 cm³/mol. The number of hydrogen-bond acceptors (Lipinski definition) is 5. The van der Waals surface area contributed by atoms with Gasteiger partial charge in [-0.1, -0.05) is 51.6 Å². The first kappa shape index (κ1) is 23.0. The number of esters is 1. The van der Waals surface area contributed by atoms with Crippen LogP contribution in [0.3, 0.4) is 0 Å². The number of nitrogens with zero attached hydrogens (tertiary/aromatic N) is 3. The Morgan fingerprint density at radius 2 is 1.87 bits per heavy atom. The summed E-state index contributed by atoms with van der Waals surface area (Å²) < 4.78 is 12.6. The fraction of sp³-hybridized carbons (Fsp3) is 0.375. The van der Waals surface area contributed by atoms with Crippen LogP contribution in [0.2, 0.25) is 0 Å². The molecule has 0 aliphatic rings. The maximum atomic E-state index is 11.4. The average molecular weight is 408 g/mol. The first-order valence-corrected chi connectivity index (χ1v) is 9.85. The molecule has 0 unspecified atom stereocenters. The van der Waals surface area contributed by atoms with Gasteiger partial charge < -0.3 is 9.47 Å². The number of carbonyl (C=O) groups excluding carboxylic acids is 1. The Labute approximate surface area is 178 Å². The lowest BCUT2D eigenvalue weighted by atomic mass is 9.86. The van der Waals surface area contributed by atoms with Crippen molar-refractivity contribution in [2.45, 2.75) is 53.5 Å². The van der Waals surface area contributed by atoms with Gasteiger partial charge in [0.2, 0.25) is 6.79 Å². The lowest BCUT2D eigenvalue weighted by molar-refractivity contribution is -0.145. The van der Waals surface area contributed by atoms with E-state index in [0.717, 1.165) is 28.5 Å². The third-order valence-electron chi connectivity index (χ3n) is 4.89. The zero-order valence-electron chi connectivity index (χ0n) is 18.6. The zero-order chi connectivity index (χ0) is 22.5. The van der Waals surface area contributed by atoms with Gasteiger partial charge in [0.05, 0.1) is 5.69 Å². The van der Waals surface area contributed by atoms with Gasteiger partial charge in [-0.3, -0.25) is 4.68 Å². The first-order chi connectivity index (χ1) is 14.1. The number of aromatic nitrogens is 2. The van der Waals surface area contributed by atoms with E-state index >= 15 is 0 Å². The number of hydrogen-bond donors (Lipinski definition) is 0. The van der Waals surface area contributed by atoms with E-state index in [9.17, 15) is 10.1 Å². The average Bonchev–Trinajstić information content (AvgIpc) is 3.00. The third-order valence-corrected chi connectivity index (χ3v) is 4.89. The Morgan fingerprint density at radius 1 is 1.23 bits per heavy atom. The van der Waals surface area contributed by atoms with Crippen LogP contribution in [0.4, 0.5) is 0 Å². The van der Waals surface area contributed by atoms with Gasteiger partial charge in [0.1, 0.15) is 17.3 Å². The minimum atomic E-state index is -0.598. The minimum absolute atomic E-state index is 0.00179. The van der Waals surface area contributed by atoms with Gasteiger partial charge in [0.15, 0.2) is 5.76 Å². The maximum Gasteiger partial charge on any atom is 0.333 e. The Hall–Kier alpha value is -3.33. The molecule has 0 fully saturated rings. The van der Waals surface area contributed by atoms with Crippen molar-refractivity contribution in [3.05, 3.63) is 65.0 Å². The molecule has 0 aliphatic carbocycles. The molecule has 0 aliphatic heterocycles. The summed E-state index contributed by atoms with van der Waals surface area (Å²) in [5.74, 6) is -0.267. The van der Waals surface area contributed by atoms with Crippen LogP contribution in [0, 0.1) is 25.2 Å². The van der Waals surface area contributed by atoms with Gasteiger partial charge in [0.25, 0.3) is 0 Å². The second-order valence-corrected chi connectivity index (χ2v) is 7.95. The van der Waals surface area contributed by atoms with Crippen molar-refractivity contribution in [2.75, 3.05) is 6.79 Å². The number of nitriles is 1. The third kappa shape index (κ3) is 4.98. The molecule has 0 radical (unpaired) electrons. The maximum absolute atomic E-state index is 11.4. The van der Waals surface area contributed by atoms with Crippen molar-refractivity contribution in [3.63, 3.8) is 0 Å². The minimum Gasteiger partial charge on any atom is -0.454 e. The van der Waals surface area contributed by atoms with Crippen molar-refractivity contribution in [1.29, 1.82) is 5.26 Å². The molecule has 30 heavy (non-hydrogen) atoms. The quantitative estimate of drug-likeness (QED) is 0.214. The smallest absolute Gasteiger partial charge is 0.333 e. The molecule has 0 bridgehead atoms. The molecule has 2 rings (SSSR count). The standard InChI is InChI=1S/C24H29N3O3/c1-8-21(28)29-15-30-23(22-16(3)17(4)26-27(22)9-2)20(14-25)18-10-12-19(13-11-18)24(5,6)7/h8,10-13H,1,9,15H2,2-7H3/b23-20-. The zero-order valence-corrected chi connectivity index (χ0v) is 18.6. The van der Waals surface area contributed by atoms with Crippen molar-refractivity contribution < 1.29 is 14.3 Å². The van der Waals surface area contributed by atoms with E-state index in [4.69, 9.17) is 9.47 Å². The fourth-order valence-electron chi connectivity index (χ4n) is 3.03. The normalized spacial score (nSPS) is 12.0. The predicted octanol–water partition coefficient (Wildman–Crippen LogP) is 4.91. The molecule has 6 nitrogen and oxygen atoms in total. The molecule has 6 heteroatoms. The molecule has 0 atom stereocenters. The molecule has 1 aromatic carbocycles. The van der Waals surface area contributed by atoms with Gasteiger partial charge in [-0.2, -0.15) is 10.4 Å². The van der Waals surface area contributed by atoms with Crippen molar-refractivity contribution >= 4 is 17.3 Å². The Balaban J connectivity index is 2.63. The summed E-state index contributed by atoms with van der Waals surface area (Å²) in [4.78, 5) is 11.4. The molecule has 0 N–H and O–H groups in total. The number of rotatable bonds is 7. The van der Waals surface area contributed by atoms with Crippen LogP contribution in [0.15, 0.2) is 36.9 Å². The second-order valence-electron chi connectivity index (χ2n) is 7.95. The molecule has 0 spiro atoms. The summed E-state index contributed by atoms with van der Waals surface area (Å²) >= 11 is 0. The van der Waals surface area contributed by atoms with Crippen LogP contribution in [-0.4, -0.2) is 22.5 Å². The first-order valence-electron chi connectivity index (χ1n) is 9.85. The van der Waals surface area contributed by atoms with Crippen molar-refractivity contribution in [3.8, 4) is 6.07 Å². The van der Waals surface area contributed by atoms with Crippen LogP contribution in [0.1, 0.15) is 55.8 Å². The molecular formula is C24H29N3O3. The summed E-state index contributed by atoms with van der Waals surface area (Å²) in [6.07, 6.45) is 1.06. The summed E-state index contributed by atoms with van der Waals surface area (Å²) in [6.45, 7) is 15.9. The van der Waals surface area contributed by atoms with E-state index in [0.29, 0.717) is 23.6 Å². The molecule has 1 heterocycles. The molecule has 0 saturated carbocycles. The molecule has 1 aromatic heterocycles. The SMILES string of the molecule is C=CC(=O)OCO/C(=C(/C#N)c1ccc(C(C)(C)C)cc1)c1c(C)c(C)nn1CC. The summed E-state index contributed by atoms with van der Waals surface area (Å²) in [7, 11) is 0. The Morgan fingerprint density at radius 3 is 2.37 bits per heavy atom. The Bertz CT molecular complexity index is 1000. The van der Waals surface area contributed by atoms with E-state index in [2.05, 4.69) is 38.5 Å². The lowest BCUT2D eigenvalue weighted by Crippen LogP contribution is -2.11. The molecule has 0 saturated heterocycles. The van der Waals surface area contributed by atoms with Crippen molar-refractivity contribution in [2.24, 2.45) is 0 Å². The van der Waals surface area contributed by atoms with E-state index in [1.807, 2.05) is 45.0 Å². The topological polar surface area (TPSA) is 77.1 Å². The number of carbonyl (C=O) groups is 1. The van der Waals surface area contributed by atoms with E-state index in [-0.39, 0.29) is 12.2 Å². The highest BCUT2D eigenvalue weighted by Crippen LogP contribution is 2.32. The summed E-state index contributed by atoms with van der Waals surface area (Å²) in [5, 5.41) is 14.5. The largest absolute Gasteiger partial charge is 0.454 e. The highest BCUT2D eigenvalue weighted by atomic mass is 16.7. The highest BCUT2D eigenvalue weighted by molar-refractivity contribution is 5.94. The van der Waals surface area contributed by atoms with Gasteiger partial charge in [0, 0.05) is 18.2 Å². The lowest BCUT2D eigenvalue weighted by Gasteiger charge is -2.19. The Kier molecular flexibility index (Phi) is 7.23. The van der Waals surface area contributed by atoms with Crippen LogP contribution in [-0.2, 0) is 26.2 Å². The number of ether oxygens (including phenoxy) is 2. The highest BCUT2D eigenvalue weighted by Gasteiger charge is 2.23. The molecule has 158 valence electrons.